The highest BCUT2D eigenvalue weighted by Crippen LogP contribution is 2.46. The summed E-state index contributed by atoms with van der Waals surface area (Å²) in [4.78, 5) is 2.53. The molecule has 3 rings (SSSR count). The number of nitrogens with one attached hydrogen (secondary N) is 1. The number of aromatic amines is 1. The van der Waals surface area contributed by atoms with Gasteiger partial charge in [0.2, 0.25) is 0 Å². The second kappa shape index (κ2) is 8.43. The van der Waals surface area contributed by atoms with Gasteiger partial charge in [-0.25, -0.2) is 0 Å². The van der Waals surface area contributed by atoms with Gasteiger partial charge >= 0.3 is 0 Å². The van der Waals surface area contributed by atoms with E-state index in [1.807, 2.05) is 6.92 Å². The normalized spacial score (nSPS) is 21.8. The van der Waals surface area contributed by atoms with E-state index in [4.69, 9.17) is 14.2 Å². The number of morpholine rings is 1. The monoisotopic (exact) mass is 337 g/mol. The number of hydrogen-bond acceptors (Lipinski definition) is 5. The van der Waals surface area contributed by atoms with Gasteiger partial charge in [-0.15, -0.1) is 0 Å². The molecule has 1 atom stereocenters. The maximum absolute atomic E-state index is 6.16. The minimum absolute atomic E-state index is 0.190. The van der Waals surface area contributed by atoms with Crippen LogP contribution in [0.5, 0.6) is 0 Å². The Morgan fingerprint density at radius 3 is 2.88 bits per heavy atom. The van der Waals surface area contributed by atoms with Gasteiger partial charge in [0.15, 0.2) is 0 Å². The van der Waals surface area contributed by atoms with E-state index in [1.54, 1.807) is 0 Å². The molecule has 2 fully saturated rings. The number of rotatable bonds is 10. The first kappa shape index (κ1) is 17.9. The Balaban J connectivity index is 1.38. The first-order valence-electron chi connectivity index (χ1n) is 9.22. The highest BCUT2D eigenvalue weighted by Gasteiger charge is 2.44. The number of aromatic nitrogens is 2. The van der Waals surface area contributed by atoms with Crippen molar-refractivity contribution in [2.24, 2.45) is 5.41 Å². The van der Waals surface area contributed by atoms with Crippen LogP contribution in [0.2, 0.25) is 0 Å². The van der Waals surface area contributed by atoms with E-state index >= 15 is 0 Å². The maximum Gasteiger partial charge on any atom is 0.0882 e. The van der Waals surface area contributed by atoms with Crippen molar-refractivity contribution in [2.75, 3.05) is 46.1 Å². The van der Waals surface area contributed by atoms with Gasteiger partial charge in [0.05, 0.1) is 43.9 Å². The van der Waals surface area contributed by atoms with Crippen molar-refractivity contribution in [2.45, 2.75) is 45.8 Å². The minimum Gasteiger partial charge on any atom is -0.379 e. The summed E-state index contributed by atoms with van der Waals surface area (Å²) in [5.41, 5.74) is 2.47. The van der Waals surface area contributed by atoms with Gasteiger partial charge in [0.25, 0.3) is 0 Å². The van der Waals surface area contributed by atoms with Crippen LogP contribution < -0.4 is 0 Å². The van der Waals surface area contributed by atoms with Crippen molar-refractivity contribution in [3.05, 3.63) is 17.5 Å². The second-order valence-electron chi connectivity index (χ2n) is 7.24. The Morgan fingerprint density at radius 1 is 1.38 bits per heavy atom. The van der Waals surface area contributed by atoms with Crippen LogP contribution in [-0.2, 0) is 27.2 Å². The molecule has 2 heterocycles. The predicted molar refractivity (Wildman–Crippen MR) is 92.0 cm³/mol. The van der Waals surface area contributed by atoms with Crippen molar-refractivity contribution in [3.63, 3.8) is 0 Å². The fourth-order valence-electron chi connectivity index (χ4n) is 3.23. The van der Waals surface area contributed by atoms with Crippen LogP contribution in [0.25, 0.3) is 0 Å². The van der Waals surface area contributed by atoms with E-state index in [1.165, 1.54) is 12.8 Å². The Labute approximate surface area is 144 Å². The molecule has 1 saturated carbocycles. The van der Waals surface area contributed by atoms with Crippen molar-refractivity contribution in [1.82, 2.24) is 15.1 Å². The molecule has 1 aromatic heterocycles. The van der Waals surface area contributed by atoms with Crippen molar-refractivity contribution in [3.8, 4) is 0 Å². The summed E-state index contributed by atoms with van der Waals surface area (Å²) >= 11 is 0. The molecule has 1 unspecified atom stereocenters. The van der Waals surface area contributed by atoms with Gasteiger partial charge in [-0.05, 0) is 32.8 Å². The van der Waals surface area contributed by atoms with Crippen LogP contribution in [0.1, 0.15) is 38.1 Å². The third-order valence-corrected chi connectivity index (χ3v) is 4.94. The highest BCUT2D eigenvalue weighted by molar-refractivity contribution is 5.08. The summed E-state index contributed by atoms with van der Waals surface area (Å²) in [6, 6.07) is 2.08. The van der Waals surface area contributed by atoms with Gasteiger partial charge in [-0.2, -0.15) is 5.10 Å². The third kappa shape index (κ3) is 5.28. The molecular weight excluding hydrogens is 306 g/mol. The lowest BCUT2D eigenvalue weighted by molar-refractivity contribution is -0.00364. The zero-order chi connectivity index (χ0) is 16.8. The van der Waals surface area contributed by atoms with Gasteiger partial charge < -0.3 is 14.2 Å². The molecule has 6 heteroatoms. The number of H-pyrrole nitrogens is 1. The highest BCUT2D eigenvalue weighted by atomic mass is 16.5. The molecule has 1 N–H and O–H groups in total. The number of ether oxygens (including phenoxy) is 3. The summed E-state index contributed by atoms with van der Waals surface area (Å²) in [6.07, 6.45) is 3.61. The molecule has 136 valence electrons. The van der Waals surface area contributed by atoms with Gasteiger partial charge in [-0.1, -0.05) is 0 Å². The van der Waals surface area contributed by atoms with Crippen molar-refractivity contribution < 1.29 is 14.2 Å². The summed E-state index contributed by atoms with van der Waals surface area (Å²) in [6.45, 7) is 11.3. The number of nitrogens with zero attached hydrogens (tertiary/aromatic N) is 2. The van der Waals surface area contributed by atoms with Crippen molar-refractivity contribution in [1.29, 1.82) is 0 Å². The summed E-state index contributed by atoms with van der Waals surface area (Å²) in [7, 11) is 0. The molecule has 6 nitrogen and oxygen atoms in total. The van der Waals surface area contributed by atoms with Crippen LogP contribution in [0, 0.1) is 5.41 Å². The molecule has 0 radical (unpaired) electrons. The average Bonchev–Trinajstić information content (AvgIpc) is 3.21. The Bertz CT molecular complexity index is 495. The van der Waals surface area contributed by atoms with Crippen molar-refractivity contribution >= 4 is 0 Å². The first-order chi connectivity index (χ1) is 11.7. The summed E-state index contributed by atoms with van der Waals surface area (Å²) < 4.78 is 17.0. The van der Waals surface area contributed by atoms with E-state index in [0.717, 1.165) is 63.9 Å². The standard InChI is InChI=1S/C18H31N3O3/c1-3-22-12-17-11-16(19-20-17)10-15(2)24-14-18(4-5-18)13-21-6-8-23-9-7-21/h11,15H,3-10,12-14H2,1-2H3,(H,19,20). The fraction of sp³-hybridized carbons (Fsp3) is 0.833. The Hall–Kier alpha value is -0.950. The van der Waals surface area contributed by atoms with E-state index in [-0.39, 0.29) is 6.10 Å². The topological polar surface area (TPSA) is 59.6 Å². The molecule has 1 aromatic rings. The van der Waals surface area contributed by atoms with Crippen LogP contribution in [0.4, 0.5) is 0 Å². The lowest BCUT2D eigenvalue weighted by Crippen LogP contribution is -2.41. The van der Waals surface area contributed by atoms with E-state index < -0.39 is 0 Å². The average molecular weight is 337 g/mol. The molecule has 1 aliphatic heterocycles. The summed E-state index contributed by atoms with van der Waals surface area (Å²) in [5, 5.41) is 7.39. The maximum atomic E-state index is 6.16. The molecule has 2 aliphatic rings. The SMILES string of the molecule is CCOCc1cc(CC(C)OCC2(CN3CCOCC3)CC2)n[nH]1. The third-order valence-electron chi connectivity index (χ3n) is 4.94. The minimum atomic E-state index is 0.190. The zero-order valence-electron chi connectivity index (χ0n) is 15.1. The second-order valence-corrected chi connectivity index (χ2v) is 7.24. The quantitative estimate of drug-likeness (QED) is 0.708. The molecular formula is C18H31N3O3. The van der Waals surface area contributed by atoms with E-state index in [0.29, 0.717) is 12.0 Å². The largest absolute Gasteiger partial charge is 0.379 e. The van der Waals surface area contributed by atoms with Crippen LogP contribution in [0.3, 0.4) is 0 Å². The van der Waals surface area contributed by atoms with E-state index in [9.17, 15) is 0 Å². The number of hydrogen-bond donors (Lipinski definition) is 1. The van der Waals surface area contributed by atoms with Crippen LogP contribution >= 0.6 is 0 Å². The smallest absolute Gasteiger partial charge is 0.0882 e. The van der Waals surface area contributed by atoms with Crippen LogP contribution in [0.15, 0.2) is 6.07 Å². The molecule has 0 spiro atoms. The zero-order valence-corrected chi connectivity index (χ0v) is 15.1. The molecule has 0 amide bonds. The first-order valence-corrected chi connectivity index (χ1v) is 9.22. The predicted octanol–water partition coefficient (Wildman–Crippen LogP) is 2.01. The lowest BCUT2D eigenvalue weighted by atomic mass is 10.1. The van der Waals surface area contributed by atoms with Crippen LogP contribution in [-0.4, -0.2) is 67.3 Å². The van der Waals surface area contributed by atoms with E-state index in [2.05, 4.69) is 28.1 Å². The fourth-order valence-corrected chi connectivity index (χ4v) is 3.23. The van der Waals surface area contributed by atoms with Gasteiger partial charge in [0, 0.05) is 38.1 Å². The molecule has 0 bridgehead atoms. The molecule has 0 aromatic carbocycles. The summed E-state index contributed by atoms with van der Waals surface area (Å²) in [5.74, 6) is 0. The molecule has 1 saturated heterocycles. The Kier molecular flexibility index (Phi) is 6.27. The Morgan fingerprint density at radius 2 is 2.17 bits per heavy atom. The van der Waals surface area contributed by atoms with Gasteiger partial charge in [-0.3, -0.25) is 10.00 Å². The molecule has 1 aliphatic carbocycles. The molecule has 24 heavy (non-hydrogen) atoms. The lowest BCUT2D eigenvalue weighted by Gasteiger charge is -2.31. The van der Waals surface area contributed by atoms with Gasteiger partial charge in [0.1, 0.15) is 0 Å².